The Morgan fingerprint density at radius 2 is 1.90 bits per heavy atom. The van der Waals surface area contributed by atoms with E-state index in [1.807, 2.05) is 29.2 Å². The highest BCUT2D eigenvalue weighted by atomic mass is 35.5. The van der Waals surface area contributed by atoms with E-state index in [1.165, 1.54) is 12.8 Å². The zero-order chi connectivity index (χ0) is 14.4. The summed E-state index contributed by atoms with van der Waals surface area (Å²) in [6.07, 6.45) is 4.57. The Kier molecular flexibility index (Phi) is 5.86. The molecule has 0 bridgehead atoms. The van der Waals surface area contributed by atoms with Crippen LogP contribution in [0.3, 0.4) is 0 Å². The zero-order valence-electron chi connectivity index (χ0n) is 12.0. The number of nitrogens with zero attached hydrogens (tertiary/aromatic N) is 1. The van der Waals surface area contributed by atoms with Crippen LogP contribution in [-0.4, -0.2) is 31.0 Å². The largest absolute Gasteiger partial charge is 0.380 e. The molecule has 20 heavy (non-hydrogen) atoms. The van der Waals surface area contributed by atoms with Gasteiger partial charge in [0.15, 0.2) is 0 Å². The molecular formula is C16H22ClNO2. The van der Waals surface area contributed by atoms with Gasteiger partial charge in [0.05, 0.1) is 6.61 Å². The Bertz CT molecular complexity index is 442. The molecule has 1 aromatic carbocycles. The number of halogens is 1. The number of hydrogen-bond donors (Lipinski definition) is 0. The van der Waals surface area contributed by atoms with Crippen LogP contribution in [0.1, 0.15) is 42.2 Å². The van der Waals surface area contributed by atoms with E-state index in [9.17, 15) is 4.79 Å². The van der Waals surface area contributed by atoms with Crippen molar-refractivity contribution in [3.8, 4) is 0 Å². The number of ether oxygens (including phenoxy) is 1. The molecule has 1 aliphatic heterocycles. The Hall–Kier alpha value is -1.06. The van der Waals surface area contributed by atoms with Crippen molar-refractivity contribution in [3.63, 3.8) is 0 Å². The van der Waals surface area contributed by atoms with Gasteiger partial charge in [0, 0.05) is 20.2 Å². The van der Waals surface area contributed by atoms with E-state index >= 15 is 0 Å². The van der Waals surface area contributed by atoms with Gasteiger partial charge in [-0.3, -0.25) is 4.79 Å². The lowest BCUT2D eigenvalue weighted by atomic mass is 10.0. The molecule has 0 aliphatic carbocycles. The molecular weight excluding hydrogens is 274 g/mol. The van der Waals surface area contributed by atoms with Gasteiger partial charge in [-0.15, -0.1) is 11.6 Å². The van der Waals surface area contributed by atoms with E-state index in [-0.39, 0.29) is 5.91 Å². The van der Waals surface area contributed by atoms with Crippen LogP contribution in [0.4, 0.5) is 0 Å². The number of carbonyl (C=O) groups excluding carboxylic acids is 1. The van der Waals surface area contributed by atoms with Gasteiger partial charge in [-0.05, 0) is 24.0 Å². The summed E-state index contributed by atoms with van der Waals surface area (Å²) in [5.41, 5.74) is 1.85. The Labute approximate surface area is 125 Å². The van der Waals surface area contributed by atoms with Crippen LogP contribution in [-0.2, 0) is 16.1 Å². The molecule has 2 rings (SSSR count). The van der Waals surface area contributed by atoms with Gasteiger partial charge in [-0.25, -0.2) is 0 Å². The number of amides is 1. The van der Waals surface area contributed by atoms with E-state index in [2.05, 4.69) is 0 Å². The molecule has 0 radical (unpaired) electrons. The van der Waals surface area contributed by atoms with Gasteiger partial charge in [0.2, 0.25) is 5.91 Å². The topological polar surface area (TPSA) is 29.5 Å². The monoisotopic (exact) mass is 295 g/mol. The third-order valence-corrected chi connectivity index (χ3v) is 4.18. The molecule has 0 spiro atoms. The van der Waals surface area contributed by atoms with E-state index < -0.39 is 5.38 Å². The highest BCUT2D eigenvalue weighted by Gasteiger charge is 2.26. The molecule has 1 heterocycles. The predicted molar refractivity (Wildman–Crippen MR) is 80.8 cm³/mol. The number of likely N-dealkylation sites (tertiary alicyclic amines) is 1. The van der Waals surface area contributed by atoms with E-state index in [4.69, 9.17) is 16.3 Å². The maximum atomic E-state index is 12.6. The van der Waals surface area contributed by atoms with Crippen LogP contribution in [0.25, 0.3) is 0 Å². The van der Waals surface area contributed by atoms with Crippen LogP contribution in [0.5, 0.6) is 0 Å². The van der Waals surface area contributed by atoms with Crippen LogP contribution in [0, 0.1) is 0 Å². The highest BCUT2D eigenvalue weighted by Crippen LogP contribution is 2.27. The van der Waals surface area contributed by atoms with E-state index in [0.29, 0.717) is 6.61 Å². The minimum absolute atomic E-state index is 0.0251. The van der Waals surface area contributed by atoms with Crippen LogP contribution in [0.15, 0.2) is 24.3 Å². The average Bonchev–Trinajstić information content (AvgIpc) is 2.76. The molecule has 1 atom stereocenters. The van der Waals surface area contributed by atoms with Gasteiger partial charge >= 0.3 is 0 Å². The third kappa shape index (κ3) is 3.74. The summed E-state index contributed by atoms with van der Waals surface area (Å²) < 4.78 is 5.18. The van der Waals surface area contributed by atoms with Gasteiger partial charge in [-0.2, -0.15) is 0 Å². The van der Waals surface area contributed by atoms with Crippen molar-refractivity contribution in [2.45, 2.75) is 37.7 Å². The summed E-state index contributed by atoms with van der Waals surface area (Å²) in [6, 6.07) is 7.74. The standard InChI is InChI=1S/C16H22ClNO2/c1-20-12-13-8-4-5-9-14(13)15(17)16(19)18-10-6-2-3-7-11-18/h4-5,8-9,15H,2-3,6-7,10-12H2,1H3. The molecule has 3 nitrogen and oxygen atoms in total. The van der Waals surface area contributed by atoms with E-state index in [1.54, 1.807) is 7.11 Å². The summed E-state index contributed by atoms with van der Waals surface area (Å²) in [5.74, 6) is 0.0251. The van der Waals surface area contributed by atoms with Gasteiger partial charge < -0.3 is 9.64 Å². The van der Waals surface area contributed by atoms with Crippen molar-refractivity contribution in [1.82, 2.24) is 4.90 Å². The third-order valence-electron chi connectivity index (χ3n) is 3.76. The first kappa shape index (κ1) is 15.3. The van der Waals surface area contributed by atoms with Crippen molar-refractivity contribution >= 4 is 17.5 Å². The summed E-state index contributed by atoms with van der Waals surface area (Å²) in [7, 11) is 1.65. The van der Waals surface area contributed by atoms with Crippen molar-refractivity contribution < 1.29 is 9.53 Å². The lowest BCUT2D eigenvalue weighted by molar-refractivity contribution is -0.130. The number of rotatable bonds is 4. The Morgan fingerprint density at radius 1 is 1.25 bits per heavy atom. The molecule has 4 heteroatoms. The molecule has 1 fully saturated rings. The van der Waals surface area contributed by atoms with Crippen LogP contribution < -0.4 is 0 Å². The number of carbonyl (C=O) groups is 1. The van der Waals surface area contributed by atoms with Crippen molar-refractivity contribution in [2.24, 2.45) is 0 Å². The summed E-state index contributed by atoms with van der Waals surface area (Å²) in [4.78, 5) is 14.5. The Balaban J connectivity index is 2.13. The fraction of sp³-hybridized carbons (Fsp3) is 0.562. The molecule has 1 unspecified atom stereocenters. The van der Waals surface area contributed by atoms with E-state index in [0.717, 1.165) is 37.1 Å². The molecule has 110 valence electrons. The number of alkyl halides is 1. The fourth-order valence-electron chi connectivity index (χ4n) is 2.65. The molecule has 1 amide bonds. The summed E-state index contributed by atoms with van der Waals surface area (Å²) in [5, 5.41) is -0.612. The average molecular weight is 296 g/mol. The highest BCUT2D eigenvalue weighted by molar-refractivity contribution is 6.30. The summed E-state index contributed by atoms with van der Waals surface area (Å²) >= 11 is 6.44. The second-order valence-electron chi connectivity index (χ2n) is 5.23. The zero-order valence-corrected chi connectivity index (χ0v) is 12.7. The molecule has 1 aliphatic rings. The SMILES string of the molecule is COCc1ccccc1C(Cl)C(=O)N1CCCCCC1. The van der Waals surface area contributed by atoms with Gasteiger partial charge in [0.25, 0.3) is 0 Å². The minimum Gasteiger partial charge on any atom is -0.380 e. The van der Waals surface area contributed by atoms with Crippen molar-refractivity contribution in [3.05, 3.63) is 35.4 Å². The lowest BCUT2D eigenvalue weighted by Crippen LogP contribution is -2.34. The summed E-state index contributed by atoms with van der Waals surface area (Å²) in [6.45, 7) is 2.13. The van der Waals surface area contributed by atoms with Gasteiger partial charge in [-0.1, -0.05) is 37.1 Å². The molecule has 0 aromatic heterocycles. The molecule has 0 saturated carbocycles. The van der Waals surface area contributed by atoms with Crippen LogP contribution >= 0.6 is 11.6 Å². The smallest absolute Gasteiger partial charge is 0.245 e. The number of methoxy groups -OCH3 is 1. The van der Waals surface area contributed by atoms with Gasteiger partial charge in [0.1, 0.15) is 5.38 Å². The maximum Gasteiger partial charge on any atom is 0.245 e. The quantitative estimate of drug-likeness (QED) is 0.796. The molecule has 1 saturated heterocycles. The minimum atomic E-state index is -0.612. The lowest BCUT2D eigenvalue weighted by Gasteiger charge is -2.24. The first-order valence-electron chi connectivity index (χ1n) is 7.23. The second kappa shape index (κ2) is 7.65. The van der Waals surface area contributed by atoms with Crippen molar-refractivity contribution in [1.29, 1.82) is 0 Å². The Morgan fingerprint density at radius 3 is 2.55 bits per heavy atom. The normalized spacial score (nSPS) is 17.6. The number of benzene rings is 1. The first-order valence-corrected chi connectivity index (χ1v) is 7.67. The second-order valence-corrected chi connectivity index (χ2v) is 5.67. The number of hydrogen-bond acceptors (Lipinski definition) is 2. The van der Waals surface area contributed by atoms with Crippen LogP contribution in [0.2, 0.25) is 0 Å². The molecule has 0 N–H and O–H groups in total. The maximum absolute atomic E-state index is 12.6. The predicted octanol–water partition coefficient (Wildman–Crippen LogP) is 3.52. The van der Waals surface area contributed by atoms with Crippen molar-refractivity contribution in [2.75, 3.05) is 20.2 Å². The fourth-order valence-corrected chi connectivity index (χ4v) is 3.00. The molecule has 1 aromatic rings. The first-order chi connectivity index (χ1) is 9.74.